The Kier molecular flexibility index (Phi) is 4.47. The molecule has 0 aliphatic carbocycles. The Labute approximate surface area is 134 Å². The summed E-state index contributed by atoms with van der Waals surface area (Å²) in [6.07, 6.45) is 3.82. The standard InChI is InChI=1S/C16H21ClN4O/c1-11(18)12-4-6-20(7-5-12)10-14-8-16(22)21-9-13(17)2-3-15(21)19-14/h2-3,8-9,11-12H,4-7,10,18H2,1H3. The maximum absolute atomic E-state index is 12.2. The average molecular weight is 321 g/mol. The van der Waals surface area contributed by atoms with E-state index in [2.05, 4.69) is 16.8 Å². The molecule has 22 heavy (non-hydrogen) atoms. The number of fused-ring (bicyclic) bond motifs is 1. The molecule has 0 saturated carbocycles. The number of rotatable bonds is 3. The van der Waals surface area contributed by atoms with Crippen molar-refractivity contribution in [1.29, 1.82) is 0 Å². The molecule has 0 spiro atoms. The van der Waals surface area contributed by atoms with Crippen LogP contribution < -0.4 is 11.3 Å². The van der Waals surface area contributed by atoms with Crippen molar-refractivity contribution < 1.29 is 0 Å². The SMILES string of the molecule is CC(N)C1CCN(Cc2cc(=O)n3cc(Cl)ccc3n2)CC1. The molecule has 1 fully saturated rings. The smallest absolute Gasteiger partial charge is 0.258 e. The number of hydrogen-bond acceptors (Lipinski definition) is 4. The molecule has 1 aliphatic heterocycles. The highest BCUT2D eigenvalue weighted by Crippen LogP contribution is 2.20. The normalized spacial score (nSPS) is 18.7. The minimum atomic E-state index is -0.0898. The largest absolute Gasteiger partial charge is 0.328 e. The van der Waals surface area contributed by atoms with Crippen molar-refractivity contribution in [3.63, 3.8) is 0 Å². The highest BCUT2D eigenvalue weighted by Gasteiger charge is 2.22. The minimum absolute atomic E-state index is 0.0898. The van der Waals surface area contributed by atoms with Gasteiger partial charge in [0.2, 0.25) is 0 Å². The summed E-state index contributed by atoms with van der Waals surface area (Å²) in [4.78, 5) is 19.1. The Morgan fingerprint density at radius 2 is 2.14 bits per heavy atom. The summed E-state index contributed by atoms with van der Waals surface area (Å²) in [7, 11) is 0. The van der Waals surface area contributed by atoms with E-state index in [9.17, 15) is 4.79 Å². The number of piperidine rings is 1. The molecule has 0 radical (unpaired) electrons. The molecule has 2 N–H and O–H groups in total. The van der Waals surface area contributed by atoms with Crippen molar-refractivity contribution in [3.05, 3.63) is 45.5 Å². The second-order valence-corrected chi connectivity index (χ2v) is 6.57. The van der Waals surface area contributed by atoms with E-state index in [4.69, 9.17) is 17.3 Å². The van der Waals surface area contributed by atoms with Gasteiger partial charge in [0, 0.05) is 24.8 Å². The van der Waals surface area contributed by atoms with Gasteiger partial charge in [-0.25, -0.2) is 4.98 Å². The molecule has 0 bridgehead atoms. The first kappa shape index (κ1) is 15.5. The first-order valence-corrected chi connectivity index (χ1v) is 8.06. The maximum atomic E-state index is 12.2. The summed E-state index contributed by atoms with van der Waals surface area (Å²) in [6, 6.07) is 5.38. The molecule has 5 nitrogen and oxygen atoms in total. The summed E-state index contributed by atoms with van der Waals surface area (Å²) in [5, 5.41) is 0.530. The fourth-order valence-electron chi connectivity index (χ4n) is 3.07. The topological polar surface area (TPSA) is 63.6 Å². The van der Waals surface area contributed by atoms with Gasteiger partial charge in [0.25, 0.3) is 5.56 Å². The third-order valence-electron chi connectivity index (χ3n) is 4.44. The zero-order valence-electron chi connectivity index (χ0n) is 12.7. The predicted octanol–water partition coefficient (Wildman–Crippen LogP) is 1.91. The Hall–Kier alpha value is -1.43. The highest BCUT2D eigenvalue weighted by atomic mass is 35.5. The van der Waals surface area contributed by atoms with Crippen molar-refractivity contribution in [2.45, 2.75) is 32.4 Å². The van der Waals surface area contributed by atoms with Crippen molar-refractivity contribution >= 4 is 17.2 Å². The first-order valence-electron chi connectivity index (χ1n) is 7.69. The van der Waals surface area contributed by atoms with Crippen LogP contribution in [-0.2, 0) is 6.54 Å². The number of halogens is 1. The molecule has 1 atom stereocenters. The van der Waals surface area contributed by atoms with Gasteiger partial charge in [-0.1, -0.05) is 11.6 Å². The number of likely N-dealkylation sites (tertiary alicyclic amines) is 1. The number of hydrogen-bond donors (Lipinski definition) is 1. The molecule has 2 aromatic heterocycles. The van der Waals surface area contributed by atoms with Crippen LogP contribution in [0, 0.1) is 5.92 Å². The Morgan fingerprint density at radius 1 is 1.41 bits per heavy atom. The molecular weight excluding hydrogens is 300 g/mol. The molecule has 1 aliphatic rings. The summed E-state index contributed by atoms with van der Waals surface area (Å²) in [5.74, 6) is 0.605. The van der Waals surface area contributed by atoms with Crippen LogP contribution in [0.5, 0.6) is 0 Å². The molecule has 1 unspecified atom stereocenters. The van der Waals surface area contributed by atoms with Crippen LogP contribution in [-0.4, -0.2) is 33.4 Å². The van der Waals surface area contributed by atoms with Crippen molar-refractivity contribution in [1.82, 2.24) is 14.3 Å². The van der Waals surface area contributed by atoms with Gasteiger partial charge in [-0.15, -0.1) is 0 Å². The second-order valence-electron chi connectivity index (χ2n) is 6.13. The van der Waals surface area contributed by atoms with Gasteiger partial charge in [-0.2, -0.15) is 0 Å². The van der Waals surface area contributed by atoms with Crippen molar-refractivity contribution in [3.8, 4) is 0 Å². The lowest BCUT2D eigenvalue weighted by atomic mass is 9.91. The van der Waals surface area contributed by atoms with Crippen LogP contribution in [0.4, 0.5) is 0 Å². The Bertz CT molecular complexity index is 720. The van der Waals surface area contributed by atoms with Crippen molar-refractivity contribution in [2.75, 3.05) is 13.1 Å². The van der Waals surface area contributed by atoms with E-state index in [-0.39, 0.29) is 11.6 Å². The van der Waals surface area contributed by atoms with E-state index in [0.29, 0.717) is 23.1 Å². The Balaban J connectivity index is 1.75. The molecule has 0 amide bonds. The summed E-state index contributed by atoms with van der Waals surface area (Å²) < 4.78 is 1.48. The fourth-order valence-corrected chi connectivity index (χ4v) is 3.23. The fraction of sp³-hybridized carbons (Fsp3) is 0.500. The van der Waals surface area contributed by atoms with E-state index < -0.39 is 0 Å². The zero-order chi connectivity index (χ0) is 15.7. The van der Waals surface area contributed by atoms with Crippen LogP contribution in [0.1, 0.15) is 25.5 Å². The second kappa shape index (κ2) is 6.36. The Morgan fingerprint density at radius 3 is 2.82 bits per heavy atom. The monoisotopic (exact) mass is 320 g/mol. The molecular formula is C16H21ClN4O. The van der Waals surface area contributed by atoms with Gasteiger partial charge in [0.1, 0.15) is 5.65 Å². The van der Waals surface area contributed by atoms with Crippen LogP contribution in [0.3, 0.4) is 0 Å². The van der Waals surface area contributed by atoms with Crippen LogP contribution >= 0.6 is 11.6 Å². The molecule has 118 valence electrons. The van der Waals surface area contributed by atoms with Crippen molar-refractivity contribution in [2.24, 2.45) is 11.7 Å². The lowest BCUT2D eigenvalue weighted by molar-refractivity contribution is 0.164. The van der Waals surface area contributed by atoms with E-state index >= 15 is 0 Å². The maximum Gasteiger partial charge on any atom is 0.258 e. The summed E-state index contributed by atoms with van der Waals surface area (Å²) >= 11 is 5.92. The van der Waals surface area contributed by atoms with E-state index in [1.54, 1.807) is 24.4 Å². The molecule has 0 aromatic carbocycles. The number of nitrogens with zero attached hydrogens (tertiary/aromatic N) is 3. The summed E-state index contributed by atoms with van der Waals surface area (Å²) in [6.45, 7) is 4.80. The van der Waals surface area contributed by atoms with E-state index in [1.807, 2.05) is 0 Å². The third-order valence-corrected chi connectivity index (χ3v) is 4.66. The van der Waals surface area contributed by atoms with Gasteiger partial charge >= 0.3 is 0 Å². The third kappa shape index (κ3) is 3.32. The highest BCUT2D eigenvalue weighted by molar-refractivity contribution is 6.30. The minimum Gasteiger partial charge on any atom is -0.328 e. The lowest BCUT2D eigenvalue weighted by Gasteiger charge is -2.33. The molecule has 6 heteroatoms. The van der Waals surface area contributed by atoms with E-state index in [0.717, 1.165) is 31.6 Å². The quantitative estimate of drug-likeness (QED) is 0.938. The zero-order valence-corrected chi connectivity index (χ0v) is 13.5. The van der Waals surface area contributed by atoms with Gasteiger partial charge in [0.05, 0.1) is 10.7 Å². The number of nitrogens with two attached hydrogens (primary N) is 1. The summed E-state index contributed by atoms with van der Waals surface area (Å²) in [5.41, 5.74) is 7.33. The van der Waals surface area contributed by atoms with Gasteiger partial charge < -0.3 is 5.73 Å². The van der Waals surface area contributed by atoms with Gasteiger partial charge in [-0.05, 0) is 50.9 Å². The van der Waals surface area contributed by atoms with Gasteiger partial charge in [0.15, 0.2) is 0 Å². The van der Waals surface area contributed by atoms with Gasteiger partial charge in [-0.3, -0.25) is 14.1 Å². The van der Waals surface area contributed by atoms with Crippen LogP contribution in [0.2, 0.25) is 5.02 Å². The molecule has 3 rings (SSSR count). The number of pyridine rings is 1. The predicted molar refractivity (Wildman–Crippen MR) is 88.1 cm³/mol. The molecule has 2 aromatic rings. The molecule has 3 heterocycles. The number of aromatic nitrogens is 2. The first-order chi connectivity index (χ1) is 10.5. The van der Waals surface area contributed by atoms with Crippen LogP contribution in [0.15, 0.2) is 29.2 Å². The molecule has 1 saturated heterocycles. The lowest BCUT2D eigenvalue weighted by Crippen LogP contribution is -2.39. The van der Waals surface area contributed by atoms with Crippen LogP contribution in [0.25, 0.3) is 5.65 Å². The average Bonchev–Trinajstić information content (AvgIpc) is 2.49. The van der Waals surface area contributed by atoms with E-state index in [1.165, 1.54) is 4.40 Å².